The van der Waals surface area contributed by atoms with Crippen LogP contribution in [0.5, 0.6) is 5.75 Å². The van der Waals surface area contributed by atoms with E-state index < -0.39 is 16.1 Å². The van der Waals surface area contributed by atoms with Crippen molar-refractivity contribution in [2.45, 2.75) is 24.3 Å². The number of rotatable bonds is 6. The second kappa shape index (κ2) is 8.25. The average molecular weight is 464 g/mol. The van der Waals surface area contributed by atoms with Gasteiger partial charge in [0.15, 0.2) is 11.2 Å². The molecule has 7 nitrogen and oxygen atoms in total. The Morgan fingerprint density at radius 2 is 2.10 bits per heavy atom. The molecule has 3 aromatic rings. The highest BCUT2D eigenvalue weighted by atomic mass is 35.5. The summed E-state index contributed by atoms with van der Waals surface area (Å²) in [7, 11) is -3.75. The summed E-state index contributed by atoms with van der Waals surface area (Å²) in [4.78, 5) is 18.6. The predicted octanol–water partition coefficient (Wildman–Crippen LogP) is 3.95. The van der Waals surface area contributed by atoms with E-state index >= 15 is 0 Å². The number of thiazole rings is 1. The standard InChI is InChI=1S/C20H18ClN3O4S2/c1-13(28-18-5-3-2-4-16(18)21)19(25)24-10-8-14-12-15(6-7-17(14)24)30(26,27)23-20-22-9-11-29-20/h2-7,9,11-13H,8,10H2,1H3,(H,22,23). The van der Waals surface area contributed by atoms with Gasteiger partial charge in [-0.2, -0.15) is 0 Å². The molecule has 1 aliphatic heterocycles. The Labute approximate surface area is 183 Å². The molecule has 4 rings (SSSR count). The van der Waals surface area contributed by atoms with Crippen LogP contribution in [-0.2, 0) is 21.2 Å². The molecule has 0 aliphatic carbocycles. The summed E-state index contributed by atoms with van der Waals surface area (Å²) in [6, 6.07) is 11.7. The molecule has 0 fully saturated rings. The first-order valence-electron chi connectivity index (χ1n) is 9.13. The summed E-state index contributed by atoms with van der Waals surface area (Å²) in [6.07, 6.45) is 1.34. The van der Waals surface area contributed by atoms with Crippen molar-refractivity contribution in [3.63, 3.8) is 0 Å². The molecule has 156 valence electrons. The maximum Gasteiger partial charge on any atom is 0.267 e. The SMILES string of the molecule is CC(Oc1ccccc1Cl)C(=O)N1CCc2cc(S(=O)(=O)Nc3nccs3)ccc21. The summed E-state index contributed by atoms with van der Waals surface area (Å²) in [6.45, 7) is 2.12. The lowest BCUT2D eigenvalue weighted by atomic mass is 10.2. The van der Waals surface area contributed by atoms with Crippen LogP contribution in [0.3, 0.4) is 0 Å². The highest BCUT2D eigenvalue weighted by Gasteiger charge is 2.30. The summed E-state index contributed by atoms with van der Waals surface area (Å²) in [5.74, 6) is 0.222. The first-order valence-corrected chi connectivity index (χ1v) is 11.9. The fourth-order valence-corrected chi connectivity index (χ4v) is 5.24. The maximum atomic E-state index is 12.9. The van der Waals surface area contributed by atoms with Crippen molar-refractivity contribution >= 4 is 49.7 Å². The Hall–Kier alpha value is -2.62. The van der Waals surface area contributed by atoms with Crippen molar-refractivity contribution in [3.05, 3.63) is 64.6 Å². The Morgan fingerprint density at radius 3 is 2.83 bits per heavy atom. The molecule has 30 heavy (non-hydrogen) atoms. The molecule has 10 heteroatoms. The average Bonchev–Trinajstić information content (AvgIpc) is 3.38. The smallest absolute Gasteiger partial charge is 0.267 e. The second-order valence-corrected chi connectivity index (χ2v) is 9.65. The number of hydrogen-bond donors (Lipinski definition) is 1. The summed E-state index contributed by atoms with van der Waals surface area (Å²) >= 11 is 7.31. The lowest BCUT2D eigenvalue weighted by Gasteiger charge is -2.23. The van der Waals surface area contributed by atoms with Crippen LogP contribution < -0.4 is 14.4 Å². The van der Waals surface area contributed by atoms with E-state index in [-0.39, 0.29) is 10.8 Å². The van der Waals surface area contributed by atoms with E-state index in [0.29, 0.717) is 34.6 Å². The zero-order valence-electron chi connectivity index (χ0n) is 15.9. The largest absolute Gasteiger partial charge is 0.479 e. The van der Waals surface area contributed by atoms with Gasteiger partial charge in [-0.05, 0) is 49.2 Å². The van der Waals surface area contributed by atoms with Crippen LogP contribution in [0.25, 0.3) is 0 Å². The fraction of sp³-hybridized carbons (Fsp3) is 0.200. The molecule has 1 aliphatic rings. The Kier molecular flexibility index (Phi) is 5.68. The third-order valence-corrected chi connectivity index (χ3v) is 7.13. The van der Waals surface area contributed by atoms with Crippen LogP contribution in [-0.4, -0.2) is 32.0 Å². The molecule has 0 bridgehead atoms. The number of carbonyl (C=O) groups excluding carboxylic acids is 1. The van der Waals surface area contributed by atoms with E-state index in [1.165, 1.54) is 23.6 Å². The number of para-hydroxylation sites is 1. The maximum absolute atomic E-state index is 12.9. The molecule has 1 amide bonds. The topological polar surface area (TPSA) is 88.6 Å². The molecular formula is C20H18ClN3O4S2. The first kappa shape index (κ1) is 20.6. The van der Waals surface area contributed by atoms with Gasteiger partial charge in [0.25, 0.3) is 15.9 Å². The van der Waals surface area contributed by atoms with Crippen LogP contribution in [0.2, 0.25) is 5.02 Å². The number of sulfonamides is 1. The highest BCUT2D eigenvalue weighted by Crippen LogP contribution is 2.32. The Bertz CT molecular complexity index is 1180. The van der Waals surface area contributed by atoms with Crippen LogP contribution >= 0.6 is 22.9 Å². The normalized spacial score (nSPS) is 14.3. The molecule has 0 spiro atoms. The van der Waals surface area contributed by atoms with Crippen molar-refractivity contribution in [2.75, 3.05) is 16.2 Å². The minimum absolute atomic E-state index is 0.131. The van der Waals surface area contributed by atoms with Gasteiger partial charge in [-0.25, -0.2) is 13.4 Å². The van der Waals surface area contributed by atoms with Crippen molar-refractivity contribution in [3.8, 4) is 5.75 Å². The number of halogens is 1. The third kappa shape index (κ3) is 4.14. The molecule has 2 aromatic carbocycles. The highest BCUT2D eigenvalue weighted by molar-refractivity contribution is 7.93. The Balaban J connectivity index is 1.52. The molecule has 0 saturated heterocycles. The fourth-order valence-electron chi connectivity index (χ4n) is 3.22. The van der Waals surface area contributed by atoms with Crippen molar-refractivity contribution in [1.82, 2.24) is 4.98 Å². The number of aromatic nitrogens is 1. The number of hydrogen-bond acceptors (Lipinski definition) is 6. The van der Waals surface area contributed by atoms with E-state index in [9.17, 15) is 13.2 Å². The van der Waals surface area contributed by atoms with Crippen LogP contribution in [0.1, 0.15) is 12.5 Å². The molecule has 0 saturated carbocycles. The van der Waals surface area contributed by atoms with Crippen LogP contribution in [0.4, 0.5) is 10.8 Å². The van der Waals surface area contributed by atoms with Crippen LogP contribution in [0.15, 0.2) is 58.9 Å². The number of ether oxygens (including phenoxy) is 1. The zero-order chi connectivity index (χ0) is 21.3. The van der Waals surface area contributed by atoms with Gasteiger partial charge in [0.1, 0.15) is 5.75 Å². The molecule has 0 radical (unpaired) electrons. The van der Waals surface area contributed by atoms with Gasteiger partial charge in [0.05, 0.1) is 9.92 Å². The number of anilines is 2. The monoisotopic (exact) mass is 463 g/mol. The van der Waals surface area contributed by atoms with E-state index in [1.54, 1.807) is 53.6 Å². The number of amides is 1. The van der Waals surface area contributed by atoms with E-state index in [2.05, 4.69) is 9.71 Å². The number of carbonyl (C=O) groups is 1. The quantitative estimate of drug-likeness (QED) is 0.597. The van der Waals surface area contributed by atoms with Crippen molar-refractivity contribution in [2.24, 2.45) is 0 Å². The first-order chi connectivity index (χ1) is 14.3. The predicted molar refractivity (Wildman–Crippen MR) is 117 cm³/mol. The van der Waals surface area contributed by atoms with Gasteiger partial charge in [-0.3, -0.25) is 9.52 Å². The van der Waals surface area contributed by atoms with Crippen molar-refractivity contribution in [1.29, 1.82) is 0 Å². The lowest BCUT2D eigenvalue weighted by Crippen LogP contribution is -2.39. The summed E-state index contributed by atoms with van der Waals surface area (Å²) < 4.78 is 33.4. The van der Waals surface area contributed by atoms with Gasteiger partial charge >= 0.3 is 0 Å². The number of nitrogens with one attached hydrogen (secondary N) is 1. The van der Waals surface area contributed by atoms with Gasteiger partial charge < -0.3 is 9.64 Å². The minimum Gasteiger partial charge on any atom is -0.479 e. The molecular weight excluding hydrogens is 446 g/mol. The molecule has 1 aromatic heterocycles. The van der Waals surface area contributed by atoms with Gasteiger partial charge in [-0.1, -0.05) is 23.7 Å². The molecule has 1 atom stereocenters. The minimum atomic E-state index is -3.75. The van der Waals surface area contributed by atoms with Crippen LogP contribution in [0, 0.1) is 0 Å². The number of benzene rings is 2. The number of fused-ring (bicyclic) bond motifs is 1. The van der Waals surface area contributed by atoms with Crippen molar-refractivity contribution < 1.29 is 17.9 Å². The van der Waals surface area contributed by atoms with Gasteiger partial charge in [0, 0.05) is 23.8 Å². The summed E-state index contributed by atoms with van der Waals surface area (Å²) in [5.41, 5.74) is 1.47. The van der Waals surface area contributed by atoms with Gasteiger partial charge in [0.2, 0.25) is 0 Å². The molecule has 1 unspecified atom stereocenters. The van der Waals surface area contributed by atoms with E-state index in [1.807, 2.05) is 0 Å². The third-order valence-electron chi connectivity index (χ3n) is 4.66. The second-order valence-electron chi connectivity index (χ2n) is 6.66. The number of nitrogens with zero attached hydrogens (tertiary/aromatic N) is 2. The molecule has 1 N–H and O–H groups in total. The van der Waals surface area contributed by atoms with E-state index in [4.69, 9.17) is 16.3 Å². The lowest BCUT2D eigenvalue weighted by molar-refractivity contribution is -0.124. The van der Waals surface area contributed by atoms with Gasteiger partial charge in [-0.15, -0.1) is 11.3 Å². The Morgan fingerprint density at radius 1 is 1.30 bits per heavy atom. The zero-order valence-corrected chi connectivity index (χ0v) is 18.3. The summed E-state index contributed by atoms with van der Waals surface area (Å²) in [5, 5.41) is 2.43. The van der Waals surface area contributed by atoms with E-state index in [0.717, 1.165) is 5.56 Å². The molecule has 2 heterocycles.